The molecule has 0 amide bonds. The Morgan fingerprint density at radius 1 is 1.12 bits per heavy atom. The minimum absolute atomic E-state index is 0.823. The smallest absolute Gasteiger partial charge is 0.126 e. The highest BCUT2D eigenvalue weighted by molar-refractivity contribution is 5.22. The Hall–Kier alpha value is -1.96. The van der Waals surface area contributed by atoms with Crippen molar-refractivity contribution in [2.45, 2.75) is 6.92 Å². The largest absolute Gasteiger partial charge is 0.497 e. The van der Waals surface area contributed by atoms with E-state index in [4.69, 9.17) is 9.47 Å². The highest BCUT2D eigenvalue weighted by atomic mass is 16.5. The van der Waals surface area contributed by atoms with Crippen LogP contribution >= 0.6 is 0 Å². The van der Waals surface area contributed by atoms with E-state index in [0.717, 1.165) is 11.5 Å². The predicted molar refractivity (Wildman–Crippen MR) is 66.1 cm³/mol. The fourth-order valence-electron chi connectivity index (χ4n) is 1.09. The molecule has 0 saturated carbocycles. The lowest BCUT2D eigenvalue weighted by atomic mass is 10.3. The normalized spacial score (nSPS) is 12.2. The zero-order valence-corrected chi connectivity index (χ0v) is 9.59. The Morgan fingerprint density at radius 2 is 1.88 bits per heavy atom. The van der Waals surface area contributed by atoms with Crippen LogP contribution in [0.5, 0.6) is 5.75 Å². The van der Waals surface area contributed by atoms with E-state index in [2.05, 4.69) is 0 Å². The van der Waals surface area contributed by atoms with Crippen molar-refractivity contribution in [1.29, 1.82) is 0 Å². The van der Waals surface area contributed by atoms with E-state index in [1.807, 2.05) is 61.6 Å². The molecule has 0 fully saturated rings. The van der Waals surface area contributed by atoms with E-state index in [9.17, 15) is 0 Å². The molecule has 0 aromatic heterocycles. The highest BCUT2D eigenvalue weighted by Gasteiger charge is 1.85. The van der Waals surface area contributed by atoms with E-state index >= 15 is 0 Å². The number of methoxy groups -OCH3 is 1. The molecule has 0 unspecified atom stereocenters. The summed E-state index contributed by atoms with van der Waals surface area (Å²) in [6, 6.07) is 9.62. The fourth-order valence-corrected chi connectivity index (χ4v) is 1.09. The first-order valence-corrected chi connectivity index (χ1v) is 5.12. The summed E-state index contributed by atoms with van der Waals surface area (Å²) in [6.07, 6.45) is 9.07. The molecule has 0 N–H and O–H groups in total. The summed E-state index contributed by atoms with van der Waals surface area (Å²) in [5.41, 5.74) is 0. The maximum atomic E-state index is 5.36. The van der Waals surface area contributed by atoms with Gasteiger partial charge in [0, 0.05) is 0 Å². The third kappa shape index (κ3) is 4.51. The van der Waals surface area contributed by atoms with Gasteiger partial charge in [-0.3, -0.25) is 0 Å². The summed E-state index contributed by atoms with van der Waals surface area (Å²) in [5, 5.41) is 0. The van der Waals surface area contributed by atoms with Crippen LogP contribution in [0.15, 0.2) is 66.7 Å². The molecule has 0 aliphatic heterocycles. The molecular formula is C14H16O2. The molecule has 0 aliphatic carbocycles. The molecule has 0 atom stereocenters. The molecule has 2 heteroatoms. The van der Waals surface area contributed by atoms with Gasteiger partial charge in [0.25, 0.3) is 0 Å². The molecule has 1 aromatic carbocycles. The van der Waals surface area contributed by atoms with Crippen molar-refractivity contribution in [3.63, 3.8) is 0 Å². The lowest BCUT2D eigenvalue weighted by Crippen LogP contribution is -1.80. The van der Waals surface area contributed by atoms with Crippen LogP contribution in [0, 0.1) is 0 Å². The van der Waals surface area contributed by atoms with Gasteiger partial charge in [-0.1, -0.05) is 24.3 Å². The standard InChI is InChI=1S/C14H16O2/c1-3-13(15-2)9-7-8-12-16-14-10-5-4-6-11-14/h3-12H,1-2H3/b9-7-,12-8+,13-3+. The molecule has 84 valence electrons. The number of rotatable bonds is 5. The molecule has 0 bridgehead atoms. The maximum Gasteiger partial charge on any atom is 0.126 e. The summed E-state index contributed by atoms with van der Waals surface area (Å²) < 4.78 is 10.4. The van der Waals surface area contributed by atoms with Crippen molar-refractivity contribution in [2.75, 3.05) is 7.11 Å². The molecule has 0 radical (unpaired) electrons. The monoisotopic (exact) mass is 216 g/mol. The molecule has 1 rings (SSSR count). The second-order valence-electron chi connectivity index (χ2n) is 3.01. The van der Waals surface area contributed by atoms with Crippen LogP contribution in [0.25, 0.3) is 0 Å². The number of hydrogen-bond acceptors (Lipinski definition) is 2. The third-order valence-corrected chi connectivity index (χ3v) is 1.92. The molecule has 1 aromatic rings. The zero-order chi connectivity index (χ0) is 11.6. The van der Waals surface area contributed by atoms with E-state index in [0.29, 0.717) is 0 Å². The van der Waals surface area contributed by atoms with Crippen molar-refractivity contribution in [1.82, 2.24) is 0 Å². The first kappa shape index (κ1) is 12.1. The predicted octanol–water partition coefficient (Wildman–Crippen LogP) is 3.69. The van der Waals surface area contributed by atoms with E-state index in [1.54, 1.807) is 13.4 Å². The number of benzene rings is 1. The fraction of sp³-hybridized carbons (Fsp3) is 0.143. The van der Waals surface area contributed by atoms with Crippen LogP contribution < -0.4 is 4.74 Å². The van der Waals surface area contributed by atoms with Crippen LogP contribution in [0.4, 0.5) is 0 Å². The Bertz CT molecular complexity index is 375. The summed E-state index contributed by atoms with van der Waals surface area (Å²) in [4.78, 5) is 0. The first-order valence-electron chi connectivity index (χ1n) is 5.12. The van der Waals surface area contributed by atoms with Crippen LogP contribution in [0.1, 0.15) is 6.92 Å². The van der Waals surface area contributed by atoms with Crippen LogP contribution in [0.2, 0.25) is 0 Å². The average Bonchev–Trinajstić information content (AvgIpc) is 2.35. The van der Waals surface area contributed by atoms with Crippen molar-refractivity contribution >= 4 is 0 Å². The van der Waals surface area contributed by atoms with Gasteiger partial charge in [-0.25, -0.2) is 0 Å². The maximum absolute atomic E-state index is 5.36. The van der Waals surface area contributed by atoms with Gasteiger partial charge in [0.1, 0.15) is 11.5 Å². The van der Waals surface area contributed by atoms with Crippen molar-refractivity contribution < 1.29 is 9.47 Å². The van der Waals surface area contributed by atoms with Crippen LogP contribution in [-0.4, -0.2) is 7.11 Å². The van der Waals surface area contributed by atoms with Crippen molar-refractivity contribution in [3.05, 3.63) is 66.7 Å². The molecule has 0 aliphatic rings. The first-order chi connectivity index (χ1) is 7.86. The van der Waals surface area contributed by atoms with Crippen molar-refractivity contribution in [3.8, 4) is 5.75 Å². The molecular weight excluding hydrogens is 200 g/mol. The van der Waals surface area contributed by atoms with Gasteiger partial charge in [-0.2, -0.15) is 0 Å². The molecule has 2 nitrogen and oxygen atoms in total. The van der Waals surface area contributed by atoms with Gasteiger partial charge in [0.15, 0.2) is 0 Å². The quantitative estimate of drug-likeness (QED) is 0.552. The van der Waals surface area contributed by atoms with Gasteiger partial charge in [-0.15, -0.1) is 0 Å². The number of allylic oxidation sites excluding steroid dienone is 4. The third-order valence-electron chi connectivity index (χ3n) is 1.92. The molecule has 0 saturated heterocycles. The summed E-state index contributed by atoms with van der Waals surface area (Å²) in [6.45, 7) is 1.92. The minimum atomic E-state index is 0.823. The van der Waals surface area contributed by atoms with Gasteiger partial charge in [0.2, 0.25) is 0 Å². The van der Waals surface area contributed by atoms with Gasteiger partial charge in [0.05, 0.1) is 13.4 Å². The second kappa shape index (κ2) is 7.35. The van der Waals surface area contributed by atoms with Crippen LogP contribution in [-0.2, 0) is 4.74 Å². The summed E-state index contributed by atoms with van der Waals surface area (Å²) >= 11 is 0. The zero-order valence-electron chi connectivity index (χ0n) is 9.59. The van der Waals surface area contributed by atoms with Crippen molar-refractivity contribution in [2.24, 2.45) is 0 Å². The van der Waals surface area contributed by atoms with Gasteiger partial charge in [-0.05, 0) is 37.3 Å². The second-order valence-corrected chi connectivity index (χ2v) is 3.01. The van der Waals surface area contributed by atoms with Gasteiger partial charge >= 0.3 is 0 Å². The van der Waals surface area contributed by atoms with Gasteiger partial charge < -0.3 is 9.47 Å². The minimum Gasteiger partial charge on any atom is -0.497 e. The number of para-hydroxylation sites is 1. The van der Waals surface area contributed by atoms with E-state index in [1.165, 1.54) is 0 Å². The Labute approximate surface area is 96.5 Å². The molecule has 0 heterocycles. The lowest BCUT2D eigenvalue weighted by molar-refractivity contribution is 0.306. The number of hydrogen-bond donors (Lipinski definition) is 0. The SMILES string of the molecule is C\C=C(/C=C\C=C\Oc1ccccc1)OC. The molecule has 16 heavy (non-hydrogen) atoms. The lowest BCUT2D eigenvalue weighted by Gasteiger charge is -1.97. The van der Waals surface area contributed by atoms with E-state index < -0.39 is 0 Å². The highest BCUT2D eigenvalue weighted by Crippen LogP contribution is 2.08. The Morgan fingerprint density at radius 3 is 2.50 bits per heavy atom. The van der Waals surface area contributed by atoms with E-state index in [-0.39, 0.29) is 0 Å². The molecule has 0 spiro atoms. The average molecular weight is 216 g/mol. The Kier molecular flexibility index (Phi) is 5.56. The number of ether oxygens (including phenoxy) is 2. The Balaban J connectivity index is 2.39. The topological polar surface area (TPSA) is 18.5 Å². The van der Waals surface area contributed by atoms with Crippen LogP contribution in [0.3, 0.4) is 0 Å². The summed E-state index contributed by atoms with van der Waals surface area (Å²) in [5.74, 6) is 1.65. The summed E-state index contributed by atoms with van der Waals surface area (Å²) in [7, 11) is 1.64.